The van der Waals surface area contributed by atoms with Gasteiger partial charge in [0.05, 0.1) is 6.61 Å². The van der Waals surface area contributed by atoms with E-state index < -0.39 is 29.6 Å². The topological polar surface area (TPSA) is 161 Å². The van der Waals surface area contributed by atoms with Crippen molar-refractivity contribution in [3.8, 4) is 0 Å². The van der Waals surface area contributed by atoms with Crippen molar-refractivity contribution in [1.29, 1.82) is 0 Å². The van der Waals surface area contributed by atoms with Crippen molar-refractivity contribution in [2.45, 2.75) is 36.6 Å². The van der Waals surface area contributed by atoms with Gasteiger partial charge in [0.1, 0.15) is 18.7 Å². The Kier molecular flexibility index (Phi) is 3.03. The second-order valence-electron chi connectivity index (χ2n) is 5.45. The van der Waals surface area contributed by atoms with Crippen LogP contribution in [0, 0.1) is 0 Å². The quantitative estimate of drug-likeness (QED) is 0.202. The van der Waals surface area contributed by atoms with Gasteiger partial charge in [-0.3, -0.25) is 11.1 Å². The molecule has 0 amide bonds. The third kappa shape index (κ3) is 1.61. The van der Waals surface area contributed by atoms with Gasteiger partial charge < -0.3 is 31.1 Å². The van der Waals surface area contributed by atoms with Crippen LogP contribution in [0.2, 0.25) is 0 Å². The Morgan fingerprint density at radius 2 is 2.19 bits per heavy atom. The maximum absolute atomic E-state index is 10.7. The molecule has 3 aliphatic heterocycles. The first kappa shape index (κ1) is 14.3. The molecule has 3 heterocycles. The van der Waals surface area contributed by atoms with Crippen LogP contribution in [0.1, 0.15) is 6.92 Å². The van der Waals surface area contributed by atoms with E-state index in [1.807, 2.05) is 0 Å². The van der Waals surface area contributed by atoms with Crippen molar-refractivity contribution in [3.05, 3.63) is 0 Å². The van der Waals surface area contributed by atoms with Crippen LogP contribution in [0.25, 0.3) is 0 Å². The molecule has 10 heteroatoms. The van der Waals surface area contributed by atoms with Gasteiger partial charge in [0.25, 0.3) is 5.79 Å². The molecule has 1 saturated heterocycles. The lowest BCUT2D eigenvalue weighted by Gasteiger charge is -2.43. The summed E-state index contributed by atoms with van der Waals surface area (Å²) < 4.78 is 6.98. The van der Waals surface area contributed by atoms with Crippen LogP contribution in [-0.2, 0) is 4.74 Å². The predicted molar refractivity (Wildman–Crippen MR) is 72.2 cm³/mol. The molecule has 4 atom stereocenters. The minimum Gasteiger partial charge on any atom is -0.393 e. The van der Waals surface area contributed by atoms with Crippen molar-refractivity contribution in [3.63, 3.8) is 0 Å². The highest BCUT2D eigenvalue weighted by Gasteiger charge is 2.75. The van der Waals surface area contributed by atoms with Crippen LogP contribution in [0.4, 0.5) is 0 Å². The molecule has 1 spiro atoms. The Balaban J connectivity index is 2.14. The van der Waals surface area contributed by atoms with E-state index in [4.69, 9.17) is 16.2 Å². The van der Waals surface area contributed by atoms with Crippen molar-refractivity contribution in [2.24, 2.45) is 16.5 Å². The van der Waals surface area contributed by atoms with Gasteiger partial charge in [-0.05, 0) is 6.92 Å². The third-order valence-corrected chi connectivity index (χ3v) is 4.38. The van der Waals surface area contributed by atoms with Gasteiger partial charge in [-0.1, -0.05) is 0 Å². The van der Waals surface area contributed by atoms with Crippen molar-refractivity contribution in [1.82, 2.24) is 10.6 Å². The fourth-order valence-corrected chi connectivity index (χ4v) is 3.49. The number of nitrogens with two attached hydrogens (primary N) is 2. The maximum atomic E-state index is 10.7. The Hall–Kier alpha value is -1.62. The first-order chi connectivity index (χ1) is 9.88. The molecule has 0 saturated carbocycles. The van der Waals surface area contributed by atoms with Crippen LogP contribution in [0.3, 0.4) is 0 Å². The number of hydrogen-bond acceptors (Lipinski definition) is 9. The van der Waals surface area contributed by atoms with Crippen molar-refractivity contribution >= 4 is 11.9 Å². The fraction of sp³-hybridized carbons (Fsp3) is 0.818. The maximum Gasteiger partial charge on any atom is 0.346 e. The molecule has 21 heavy (non-hydrogen) atoms. The summed E-state index contributed by atoms with van der Waals surface area (Å²) in [6, 6.07) is -1.32. The molecular formula is C11H21N6O4+. The summed E-state index contributed by atoms with van der Waals surface area (Å²) in [5, 5.41) is 36.7. The van der Waals surface area contributed by atoms with Crippen molar-refractivity contribution in [2.75, 3.05) is 19.8 Å². The highest BCUT2D eigenvalue weighted by atomic mass is 16.6. The number of guanidine groups is 2. The standard InChI is InChI=1S/C11H20N6O4/c1-2-21-6-3-17-9(13)14-5(4-18)7-10(17,11(6,19)20)16-8(12)15-7/h5-7,18-20H,2-4H2,1H3,(H5,12,13,14,15,16)/p+1/t5-,6-,7-,10-/m0/s1. The van der Waals surface area contributed by atoms with Gasteiger partial charge in [-0.15, -0.1) is 0 Å². The summed E-state index contributed by atoms with van der Waals surface area (Å²) in [6.45, 7) is 1.95. The second kappa shape index (κ2) is 4.44. The van der Waals surface area contributed by atoms with Gasteiger partial charge >= 0.3 is 5.96 Å². The minimum absolute atomic E-state index is 0.0598. The van der Waals surface area contributed by atoms with Crippen LogP contribution in [0.15, 0.2) is 4.99 Å². The third-order valence-electron chi connectivity index (χ3n) is 4.38. The summed E-state index contributed by atoms with van der Waals surface area (Å²) in [5.74, 6) is -2.01. The molecular weight excluding hydrogens is 280 g/mol. The molecule has 1 fully saturated rings. The van der Waals surface area contributed by atoms with E-state index in [-0.39, 0.29) is 25.1 Å². The van der Waals surface area contributed by atoms with E-state index in [9.17, 15) is 15.3 Å². The van der Waals surface area contributed by atoms with E-state index in [0.29, 0.717) is 6.61 Å². The summed E-state index contributed by atoms with van der Waals surface area (Å²) in [4.78, 5) is 4.20. The summed E-state index contributed by atoms with van der Waals surface area (Å²) in [6.07, 6.45) is -0.892. The normalized spacial score (nSPS) is 40.2. The zero-order chi connectivity index (χ0) is 15.4. The molecule has 0 aromatic heterocycles. The predicted octanol–water partition coefficient (Wildman–Crippen LogP) is -4.64. The lowest BCUT2D eigenvalue weighted by atomic mass is 9.86. The molecule has 10 nitrogen and oxygen atoms in total. The number of rotatable bonds is 3. The van der Waals surface area contributed by atoms with Gasteiger partial charge in [-0.2, -0.15) is 0 Å². The second-order valence-corrected chi connectivity index (χ2v) is 5.45. The van der Waals surface area contributed by atoms with Crippen LogP contribution in [-0.4, -0.2) is 81.2 Å². The molecule has 3 rings (SSSR count). The van der Waals surface area contributed by atoms with E-state index >= 15 is 0 Å². The Bertz CT molecular complexity index is 521. The van der Waals surface area contributed by atoms with Crippen LogP contribution >= 0.6 is 0 Å². The highest BCUT2D eigenvalue weighted by molar-refractivity contribution is 5.83. The SMILES string of the molecule is CCO[C@H]1C[N+]2=C(N)N[C@@H](CO)[C@@H]3N=C(N)N[C@@]32C1(O)O. The molecule has 0 aromatic rings. The number of nitrogens with zero attached hydrogens (tertiary/aromatic N) is 2. The number of aliphatic imine (C=N–C) groups is 1. The molecule has 9 N–H and O–H groups in total. The Morgan fingerprint density at radius 3 is 2.81 bits per heavy atom. The van der Waals surface area contributed by atoms with Crippen LogP contribution < -0.4 is 22.1 Å². The number of aliphatic hydroxyl groups excluding tert-OH is 1. The van der Waals surface area contributed by atoms with Crippen molar-refractivity contribution < 1.29 is 24.6 Å². The molecule has 0 aromatic carbocycles. The van der Waals surface area contributed by atoms with Gasteiger partial charge in [0, 0.05) is 6.61 Å². The summed E-state index contributed by atoms with van der Waals surface area (Å²) in [7, 11) is 0. The highest BCUT2D eigenvalue weighted by Crippen LogP contribution is 2.42. The molecule has 0 radical (unpaired) electrons. The van der Waals surface area contributed by atoms with E-state index in [1.165, 1.54) is 0 Å². The van der Waals surface area contributed by atoms with Gasteiger partial charge in [-0.25, -0.2) is 9.57 Å². The lowest BCUT2D eigenvalue weighted by Crippen LogP contribution is -2.78. The number of hydrogen-bond donors (Lipinski definition) is 7. The molecule has 0 aliphatic carbocycles. The van der Waals surface area contributed by atoms with Gasteiger partial charge in [0.15, 0.2) is 12.0 Å². The summed E-state index contributed by atoms with van der Waals surface area (Å²) in [5.41, 5.74) is 10.3. The monoisotopic (exact) mass is 301 g/mol. The largest absolute Gasteiger partial charge is 0.393 e. The minimum atomic E-state index is -2.28. The summed E-state index contributed by atoms with van der Waals surface area (Å²) >= 11 is 0. The Morgan fingerprint density at radius 1 is 1.48 bits per heavy atom. The molecule has 118 valence electrons. The molecule has 0 unspecified atom stereocenters. The number of aliphatic hydroxyl groups is 3. The van der Waals surface area contributed by atoms with E-state index in [0.717, 1.165) is 0 Å². The molecule has 0 bridgehead atoms. The molecule has 3 aliphatic rings. The van der Waals surface area contributed by atoms with E-state index in [2.05, 4.69) is 15.6 Å². The van der Waals surface area contributed by atoms with Crippen LogP contribution in [0.5, 0.6) is 0 Å². The smallest absolute Gasteiger partial charge is 0.346 e. The number of nitrogens with one attached hydrogen (secondary N) is 2. The Labute approximate surface area is 121 Å². The average Bonchev–Trinajstić information content (AvgIpc) is 2.88. The van der Waals surface area contributed by atoms with E-state index in [1.54, 1.807) is 11.5 Å². The zero-order valence-corrected chi connectivity index (χ0v) is 11.7. The number of ether oxygens (including phenoxy) is 1. The first-order valence-corrected chi connectivity index (χ1v) is 6.83. The average molecular weight is 301 g/mol. The lowest BCUT2D eigenvalue weighted by molar-refractivity contribution is -0.623. The van der Waals surface area contributed by atoms with Gasteiger partial charge in [0.2, 0.25) is 5.66 Å². The first-order valence-electron chi connectivity index (χ1n) is 6.83. The fourth-order valence-electron chi connectivity index (χ4n) is 3.49. The zero-order valence-electron chi connectivity index (χ0n) is 11.7.